The van der Waals surface area contributed by atoms with Crippen LogP contribution in [0.5, 0.6) is 0 Å². The van der Waals surface area contributed by atoms with Crippen LogP contribution in [0, 0.1) is 0 Å². The predicted octanol–water partition coefficient (Wildman–Crippen LogP) is 8.61. The van der Waals surface area contributed by atoms with Crippen molar-refractivity contribution in [2.24, 2.45) is 7.05 Å². The molecule has 0 aliphatic carbocycles. The van der Waals surface area contributed by atoms with E-state index in [-0.39, 0.29) is 0 Å². The number of anilines is 6. The van der Waals surface area contributed by atoms with Crippen LogP contribution in [0.4, 0.5) is 34.4 Å². The summed E-state index contributed by atoms with van der Waals surface area (Å²) in [7, 11) is 2.01. The molecule has 0 unspecified atom stereocenters. The quantitative estimate of drug-likeness (QED) is 0.187. The number of nitrogens with zero attached hydrogens (tertiary/aromatic N) is 7. The maximum absolute atomic E-state index is 4.72. The molecule has 0 atom stereocenters. The van der Waals surface area contributed by atoms with Crippen LogP contribution in [-0.4, -0.2) is 24.1 Å². The molecule has 0 radical (unpaired) electrons. The third-order valence-corrected chi connectivity index (χ3v) is 7.31. The van der Waals surface area contributed by atoms with Crippen molar-refractivity contribution in [2.75, 3.05) is 9.80 Å². The highest BCUT2D eigenvalue weighted by Crippen LogP contribution is 2.40. The van der Waals surface area contributed by atoms with Gasteiger partial charge in [0.1, 0.15) is 0 Å². The number of benzene rings is 4. The molecule has 0 amide bonds. The number of hydrogen-bond donors (Lipinski definition) is 0. The van der Waals surface area contributed by atoms with E-state index in [2.05, 4.69) is 99.7 Å². The van der Waals surface area contributed by atoms with Gasteiger partial charge in [-0.3, -0.25) is 9.88 Å². The number of imidazole rings is 2. The molecule has 208 valence electrons. The molecule has 43 heavy (non-hydrogen) atoms. The van der Waals surface area contributed by atoms with Gasteiger partial charge < -0.3 is 14.0 Å². The Labute approximate surface area is 250 Å². The molecule has 3 aromatic heterocycles. The Kier molecular flexibility index (Phi) is 6.95. The summed E-state index contributed by atoms with van der Waals surface area (Å²) in [5.41, 5.74) is 8.09. The zero-order valence-corrected chi connectivity index (χ0v) is 23.6. The summed E-state index contributed by atoms with van der Waals surface area (Å²) >= 11 is 0. The van der Waals surface area contributed by atoms with Crippen molar-refractivity contribution in [3.8, 4) is 16.9 Å². The smallest absolute Gasteiger partial charge is 0.214 e. The normalized spacial score (nSPS) is 10.9. The molecule has 3 heterocycles. The van der Waals surface area contributed by atoms with Gasteiger partial charge in [-0.2, -0.15) is 0 Å². The van der Waals surface area contributed by atoms with Crippen LogP contribution in [-0.2, 0) is 7.05 Å². The second kappa shape index (κ2) is 11.5. The molecule has 0 bridgehead atoms. The summed E-state index contributed by atoms with van der Waals surface area (Å²) < 4.78 is 4.04. The molecule has 7 aromatic rings. The lowest BCUT2D eigenvalue weighted by Gasteiger charge is -2.29. The van der Waals surface area contributed by atoms with Crippen LogP contribution in [0.2, 0.25) is 0 Å². The molecule has 0 N–H and O–H groups in total. The van der Waals surface area contributed by atoms with Gasteiger partial charge in [-0.25, -0.2) is 9.97 Å². The van der Waals surface area contributed by atoms with Gasteiger partial charge in [0.15, 0.2) is 0 Å². The highest BCUT2D eigenvalue weighted by molar-refractivity contribution is 5.83. The van der Waals surface area contributed by atoms with Crippen LogP contribution < -0.4 is 9.80 Å². The van der Waals surface area contributed by atoms with Crippen molar-refractivity contribution in [2.45, 2.75) is 0 Å². The van der Waals surface area contributed by atoms with Gasteiger partial charge in [0.2, 0.25) is 5.95 Å². The van der Waals surface area contributed by atoms with Crippen molar-refractivity contribution < 1.29 is 0 Å². The average Bonchev–Trinajstić information content (AvgIpc) is 3.73. The summed E-state index contributed by atoms with van der Waals surface area (Å²) in [5, 5.41) is 0. The lowest BCUT2D eigenvalue weighted by atomic mass is 10.1. The molecule has 0 saturated heterocycles. The van der Waals surface area contributed by atoms with Crippen molar-refractivity contribution in [3.05, 3.63) is 159 Å². The second-order valence-electron chi connectivity index (χ2n) is 10.1. The van der Waals surface area contributed by atoms with E-state index < -0.39 is 0 Å². The van der Waals surface area contributed by atoms with Crippen LogP contribution in [0.3, 0.4) is 0 Å². The highest BCUT2D eigenvalue weighted by Gasteiger charge is 2.19. The van der Waals surface area contributed by atoms with Gasteiger partial charge in [0.25, 0.3) is 0 Å². The van der Waals surface area contributed by atoms with Crippen molar-refractivity contribution in [1.29, 1.82) is 0 Å². The molecular weight excluding hydrogens is 530 g/mol. The van der Waals surface area contributed by atoms with Gasteiger partial charge in [0.05, 0.1) is 17.7 Å². The Hall–Kier alpha value is -5.95. The molecule has 7 rings (SSSR count). The highest BCUT2D eigenvalue weighted by atomic mass is 15.3. The summed E-state index contributed by atoms with van der Waals surface area (Å²) in [5.74, 6) is 0.835. The maximum atomic E-state index is 4.72. The van der Waals surface area contributed by atoms with Crippen molar-refractivity contribution >= 4 is 34.4 Å². The molecule has 0 spiro atoms. The van der Waals surface area contributed by atoms with E-state index in [1.165, 1.54) is 0 Å². The number of rotatable bonds is 8. The molecule has 7 nitrogen and oxygen atoms in total. The molecule has 0 aliphatic heterocycles. The average molecular weight is 560 g/mol. The second-order valence-corrected chi connectivity index (χ2v) is 10.1. The topological polar surface area (TPSA) is 55.0 Å². The summed E-state index contributed by atoms with van der Waals surface area (Å²) in [6, 6.07) is 41.8. The fraction of sp³-hybridized carbons (Fsp3) is 0.0278. The largest absolute Gasteiger partial charge is 0.320 e. The zero-order valence-electron chi connectivity index (χ0n) is 23.6. The van der Waals surface area contributed by atoms with E-state index in [0.717, 1.165) is 51.3 Å². The van der Waals surface area contributed by atoms with Gasteiger partial charge in [-0.1, -0.05) is 54.6 Å². The van der Waals surface area contributed by atoms with Gasteiger partial charge in [0, 0.05) is 72.0 Å². The number of pyridine rings is 1. The number of hydrogen-bond acceptors (Lipinski definition) is 5. The van der Waals surface area contributed by atoms with Crippen LogP contribution in [0.15, 0.2) is 159 Å². The van der Waals surface area contributed by atoms with E-state index in [9.17, 15) is 0 Å². The molecule has 0 saturated carbocycles. The lowest BCUT2D eigenvalue weighted by molar-refractivity contribution is 0.896. The van der Waals surface area contributed by atoms with E-state index in [1.54, 1.807) is 12.4 Å². The molecule has 0 aliphatic rings. The van der Waals surface area contributed by atoms with Gasteiger partial charge in [-0.05, 0) is 66.7 Å². The van der Waals surface area contributed by atoms with Crippen LogP contribution >= 0.6 is 0 Å². The minimum absolute atomic E-state index is 0.835. The minimum Gasteiger partial charge on any atom is -0.320 e. The first kappa shape index (κ1) is 26.0. The first-order valence-electron chi connectivity index (χ1n) is 14.1. The van der Waals surface area contributed by atoms with Crippen molar-refractivity contribution in [1.82, 2.24) is 24.1 Å². The first-order chi connectivity index (χ1) is 21.2. The standard InChI is InChI=1S/C36H29N7/c1-40-23-22-38-36(40)43(31-13-6-3-7-14-31)34-17-9-16-33(25-34)42(30-11-4-2-5-12-30)32-15-8-10-28(24-32)35-26-41(27-39-35)29-18-20-37-21-19-29/h2-27H,1H3. The Morgan fingerprint density at radius 3 is 1.84 bits per heavy atom. The Morgan fingerprint density at radius 1 is 0.558 bits per heavy atom. The summed E-state index contributed by atoms with van der Waals surface area (Å²) in [4.78, 5) is 18.0. The van der Waals surface area contributed by atoms with Crippen molar-refractivity contribution in [3.63, 3.8) is 0 Å². The Balaban J connectivity index is 1.32. The van der Waals surface area contributed by atoms with E-state index >= 15 is 0 Å². The van der Waals surface area contributed by atoms with Crippen LogP contribution in [0.1, 0.15) is 0 Å². The summed E-state index contributed by atoms with van der Waals surface area (Å²) in [6.07, 6.45) is 11.3. The predicted molar refractivity (Wildman–Crippen MR) is 173 cm³/mol. The molecular formula is C36H29N7. The van der Waals surface area contributed by atoms with E-state index in [4.69, 9.17) is 9.97 Å². The SMILES string of the molecule is Cn1ccnc1N(c1ccccc1)c1cccc(N(c2ccccc2)c2cccc(-c3cn(-c4ccncc4)cn3)c2)c1. The fourth-order valence-electron chi connectivity index (χ4n) is 5.26. The molecule has 0 fully saturated rings. The minimum atomic E-state index is 0.835. The Morgan fingerprint density at radius 2 is 1.16 bits per heavy atom. The monoisotopic (exact) mass is 559 g/mol. The third kappa shape index (κ3) is 5.27. The zero-order chi connectivity index (χ0) is 29.0. The fourth-order valence-corrected chi connectivity index (χ4v) is 5.26. The van der Waals surface area contributed by atoms with Gasteiger partial charge >= 0.3 is 0 Å². The number of para-hydroxylation sites is 2. The number of aryl methyl sites for hydroxylation is 1. The maximum Gasteiger partial charge on any atom is 0.214 e. The van der Waals surface area contributed by atoms with E-state index in [0.29, 0.717) is 0 Å². The first-order valence-corrected chi connectivity index (χ1v) is 14.1. The third-order valence-electron chi connectivity index (χ3n) is 7.31. The van der Waals surface area contributed by atoms with Crippen LogP contribution in [0.25, 0.3) is 16.9 Å². The molecule has 7 heteroatoms. The van der Waals surface area contributed by atoms with E-state index in [1.807, 2.05) is 77.5 Å². The lowest BCUT2D eigenvalue weighted by Crippen LogP contribution is -2.15. The number of aromatic nitrogens is 5. The van der Waals surface area contributed by atoms with Gasteiger partial charge in [-0.15, -0.1) is 0 Å². The molecule has 4 aromatic carbocycles. The Bertz CT molecular complexity index is 1950. The summed E-state index contributed by atoms with van der Waals surface area (Å²) in [6.45, 7) is 0.